The lowest BCUT2D eigenvalue weighted by Crippen LogP contribution is -2.03. The first-order valence-corrected chi connectivity index (χ1v) is 7.59. The monoisotopic (exact) mass is 395 g/mol. The molecule has 0 saturated carbocycles. The highest BCUT2D eigenvalue weighted by Gasteiger charge is 2.11. The molecular weight excluding hydrogens is 385 g/mol. The maximum Gasteiger partial charge on any atom is 0.338 e. The lowest BCUT2D eigenvalue weighted by molar-refractivity contribution is 0.0599. The third kappa shape index (κ3) is 3.52. The van der Waals surface area contributed by atoms with Gasteiger partial charge in [0.2, 0.25) is 0 Å². The highest BCUT2D eigenvalue weighted by Crippen LogP contribution is 2.30. The lowest BCUT2D eigenvalue weighted by atomic mass is 10.2. The molecule has 0 radical (unpaired) electrons. The van der Waals surface area contributed by atoms with E-state index in [4.69, 9.17) is 10.00 Å². The van der Waals surface area contributed by atoms with Gasteiger partial charge in [0.05, 0.1) is 24.3 Å². The number of nitrogens with zero attached hydrogens (tertiary/aromatic N) is 1. The molecule has 0 atom stereocenters. The Labute approximate surface area is 135 Å². The predicted molar refractivity (Wildman–Crippen MR) is 85.8 cm³/mol. The van der Waals surface area contributed by atoms with Crippen molar-refractivity contribution in [1.82, 2.24) is 0 Å². The zero-order valence-electron chi connectivity index (χ0n) is 10.6. The van der Waals surface area contributed by atoms with E-state index < -0.39 is 0 Å². The minimum absolute atomic E-state index is 0.336. The van der Waals surface area contributed by atoms with Crippen molar-refractivity contribution >= 4 is 40.3 Å². The molecule has 2 rings (SSSR count). The number of hydrogen-bond donors (Lipinski definition) is 0. The van der Waals surface area contributed by atoms with Crippen molar-refractivity contribution in [3.63, 3.8) is 0 Å². The summed E-state index contributed by atoms with van der Waals surface area (Å²) in [6.45, 7) is 0. The highest BCUT2D eigenvalue weighted by atomic mass is 127. The third-order valence-corrected chi connectivity index (χ3v) is 4.50. The van der Waals surface area contributed by atoms with Crippen molar-refractivity contribution in [1.29, 1.82) is 5.26 Å². The summed E-state index contributed by atoms with van der Waals surface area (Å²) in [5.74, 6) is -0.336. The SMILES string of the molecule is COC(=O)c1cc(Sc2ccc(C#N)cc2)ccc1I. The molecule has 2 aromatic rings. The number of carbonyl (C=O) groups excluding carboxylic acids is 1. The van der Waals surface area contributed by atoms with Crippen LogP contribution in [0.4, 0.5) is 0 Å². The van der Waals surface area contributed by atoms with E-state index in [2.05, 4.69) is 28.7 Å². The molecule has 5 heteroatoms. The molecule has 0 aliphatic carbocycles. The summed E-state index contributed by atoms with van der Waals surface area (Å²) in [6.07, 6.45) is 0. The fourth-order valence-electron chi connectivity index (χ4n) is 1.57. The Kier molecular flexibility index (Phi) is 5.04. The van der Waals surface area contributed by atoms with Crippen molar-refractivity contribution in [2.24, 2.45) is 0 Å². The van der Waals surface area contributed by atoms with E-state index >= 15 is 0 Å². The van der Waals surface area contributed by atoms with Crippen LogP contribution < -0.4 is 0 Å². The number of hydrogen-bond acceptors (Lipinski definition) is 4. The molecule has 0 aliphatic rings. The van der Waals surface area contributed by atoms with E-state index in [1.54, 1.807) is 12.1 Å². The molecule has 0 fully saturated rings. The second-order valence-corrected chi connectivity index (χ2v) is 6.18. The number of nitriles is 1. The summed E-state index contributed by atoms with van der Waals surface area (Å²) in [5, 5.41) is 8.76. The average molecular weight is 395 g/mol. The molecule has 0 N–H and O–H groups in total. The lowest BCUT2D eigenvalue weighted by Gasteiger charge is -2.06. The van der Waals surface area contributed by atoms with Crippen LogP contribution in [0.15, 0.2) is 52.3 Å². The number of esters is 1. The Morgan fingerprint density at radius 1 is 1.20 bits per heavy atom. The van der Waals surface area contributed by atoms with Crippen LogP contribution in [0.2, 0.25) is 0 Å². The van der Waals surface area contributed by atoms with Gasteiger partial charge in [-0.1, -0.05) is 11.8 Å². The number of benzene rings is 2. The van der Waals surface area contributed by atoms with Gasteiger partial charge in [-0.3, -0.25) is 0 Å². The van der Waals surface area contributed by atoms with Gasteiger partial charge in [-0.15, -0.1) is 0 Å². The number of methoxy groups -OCH3 is 1. The molecule has 100 valence electrons. The molecule has 3 nitrogen and oxygen atoms in total. The summed E-state index contributed by atoms with van der Waals surface area (Å²) in [5.41, 5.74) is 1.19. The maximum absolute atomic E-state index is 11.7. The van der Waals surface area contributed by atoms with Gasteiger partial charge in [0.1, 0.15) is 0 Å². The van der Waals surface area contributed by atoms with Crippen molar-refractivity contribution in [3.8, 4) is 6.07 Å². The molecule has 0 aliphatic heterocycles. The third-order valence-electron chi connectivity index (χ3n) is 2.56. The first-order valence-electron chi connectivity index (χ1n) is 5.70. The van der Waals surface area contributed by atoms with Crippen molar-refractivity contribution in [2.75, 3.05) is 7.11 Å². The Morgan fingerprint density at radius 3 is 2.45 bits per heavy atom. The van der Waals surface area contributed by atoms with Crippen LogP contribution >= 0.6 is 34.4 Å². The quantitative estimate of drug-likeness (QED) is 0.580. The second kappa shape index (κ2) is 6.77. The van der Waals surface area contributed by atoms with Crippen LogP contribution in [0.5, 0.6) is 0 Å². The van der Waals surface area contributed by atoms with Crippen LogP contribution in [-0.2, 0) is 4.74 Å². The van der Waals surface area contributed by atoms with E-state index in [9.17, 15) is 4.79 Å². The van der Waals surface area contributed by atoms with Crippen molar-refractivity contribution in [2.45, 2.75) is 9.79 Å². The molecule has 0 aromatic heterocycles. The van der Waals surface area contributed by atoms with Gasteiger partial charge in [-0.05, 0) is 65.1 Å². The Morgan fingerprint density at radius 2 is 1.85 bits per heavy atom. The van der Waals surface area contributed by atoms with E-state index in [0.717, 1.165) is 13.4 Å². The van der Waals surface area contributed by atoms with Gasteiger partial charge in [-0.2, -0.15) is 5.26 Å². The number of rotatable bonds is 3. The van der Waals surface area contributed by atoms with Gasteiger partial charge in [0, 0.05) is 13.4 Å². The minimum Gasteiger partial charge on any atom is -0.465 e. The molecular formula is C15H10INO2S. The summed E-state index contributed by atoms with van der Waals surface area (Å²) < 4.78 is 5.62. The second-order valence-electron chi connectivity index (χ2n) is 3.87. The Bertz CT molecular complexity index is 677. The van der Waals surface area contributed by atoms with Crippen LogP contribution in [-0.4, -0.2) is 13.1 Å². The normalized spacial score (nSPS) is 9.85. The van der Waals surface area contributed by atoms with Gasteiger partial charge in [-0.25, -0.2) is 4.79 Å². The van der Waals surface area contributed by atoms with E-state index in [0.29, 0.717) is 11.1 Å². The van der Waals surface area contributed by atoms with E-state index in [1.807, 2.05) is 30.3 Å². The molecule has 0 amide bonds. The van der Waals surface area contributed by atoms with Gasteiger partial charge in [0.25, 0.3) is 0 Å². The summed E-state index contributed by atoms with van der Waals surface area (Å²) in [7, 11) is 1.37. The van der Waals surface area contributed by atoms with Crippen LogP contribution in [0.1, 0.15) is 15.9 Å². The van der Waals surface area contributed by atoms with E-state index in [-0.39, 0.29) is 5.97 Å². The molecule has 0 bridgehead atoms. The van der Waals surface area contributed by atoms with Crippen LogP contribution in [0.3, 0.4) is 0 Å². The fourth-order valence-corrected chi connectivity index (χ4v) is 2.98. The van der Waals surface area contributed by atoms with Crippen molar-refractivity contribution < 1.29 is 9.53 Å². The number of carbonyl (C=O) groups is 1. The smallest absolute Gasteiger partial charge is 0.338 e. The zero-order valence-corrected chi connectivity index (χ0v) is 13.6. The van der Waals surface area contributed by atoms with Crippen LogP contribution in [0, 0.1) is 14.9 Å². The van der Waals surface area contributed by atoms with Gasteiger partial charge >= 0.3 is 5.97 Å². The Balaban J connectivity index is 2.25. The number of ether oxygens (including phenoxy) is 1. The molecule has 0 unspecified atom stereocenters. The predicted octanol–water partition coefficient (Wildman–Crippen LogP) is 4.10. The number of halogens is 1. The topological polar surface area (TPSA) is 50.1 Å². The van der Waals surface area contributed by atoms with Crippen molar-refractivity contribution in [3.05, 3.63) is 57.2 Å². The van der Waals surface area contributed by atoms with Crippen LogP contribution in [0.25, 0.3) is 0 Å². The minimum atomic E-state index is -0.336. The average Bonchev–Trinajstić information content (AvgIpc) is 2.49. The van der Waals surface area contributed by atoms with Gasteiger partial charge in [0.15, 0.2) is 0 Å². The van der Waals surface area contributed by atoms with Gasteiger partial charge < -0.3 is 4.74 Å². The molecule has 0 spiro atoms. The molecule has 0 heterocycles. The maximum atomic E-state index is 11.7. The molecule has 0 saturated heterocycles. The molecule has 2 aromatic carbocycles. The fraction of sp³-hybridized carbons (Fsp3) is 0.0667. The summed E-state index contributed by atoms with van der Waals surface area (Å²) in [4.78, 5) is 13.6. The molecule has 20 heavy (non-hydrogen) atoms. The first-order chi connectivity index (χ1) is 9.63. The largest absolute Gasteiger partial charge is 0.465 e. The summed E-state index contributed by atoms with van der Waals surface area (Å²) in [6, 6.07) is 15.1. The standard InChI is InChI=1S/C15H10INO2S/c1-19-15(18)13-8-12(6-7-14(13)16)20-11-4-2-10(9-17)3-5-11/h2-8H,1H3. The zero-order chi connectivity index (χ0) is 14.5. The van der Waals surface area contributed by atoms with E-state index in [1.165, 1.54) is 18.9 Å². The first kappa shape index (κ1) is 14.9. The Hall–Kier alpha value is -1.52. The highest BCUT2D eigenvalue weighted by molar-refractivity contribution is 14.1. The summed E-state index contributed by atoms with van der Waals surface area (Å²) >= 11 is 3.65.